The number of hydrazone groups is 1. The molecule has 0 saturated carbocycles. The standard InChI is InChI=1S/C21H25N3O5/c1-5-28-21(26)24-23-14-7-6-8-17-18(14)13(3)19(29-17)20(25)22-15-11-12(2)9-10-16(15)27-4/h9-11H,5-8H2,1-4H3,(H,22,25)(H,24,26)/b23-14+. The highest BCUT2D eigenvalue weighted by Crippen LogP contribution is 2.31. The average Bonchev–Trinajstić information content (AvgIpc) is 3.04. The van der Waals surface area contributed by atoms with Crippen molar-refractivity contribution < 1.29 is 23.5 Å². The van der Waals surface area contributed by atoms with E-state index in [1.165, 1.54) is 0 Å². The number of ether oxygens (including phenoxy) is 2. The minimum atomic E-state index is -0.613. The lowest BCUT2D eigenvalue weighted by Crippen LogP contribution is -2.22. The Morgan fingerprint density at radius 1 is 1.24 bits per heavy atom. The van der Waals surface area contributed by atoms with Crippen LogP contribution in [0.1, 0.15) is 52.8 Å². The van der Waals surface area contributed by atoms with Crippen LogP contribution >= 0.6 is 0 Å². The van der Waals surface area contributed by atoms with Crippen LogP contribution in [-0.2, 0) is 11.2 Å². The molecule has 0 aliphatic heterocycles. The van der Waals surface area contributed by atoms with Crippen LogP contribution in [-0.4, -0.2) is 31.4 Å². The van der Waals surface area contributed by atoms with E-state index in [9.17, 15) is 9.59 Å². The molecule has 0 saturated heterocycles. The maximum atomic E-state index is 12.9. The Balaban J connectivity index is 1.87. The molecule has 29 heavy (non-hydrogen) atoms. The Hall–Kier alpha value is -3.29. The molecule has 2 amide bonds. The first-order chi connectivity index (χ1) is 13.9. The topological polar surface area (TPSA) is 102 Å². The molecule has 8 heteroatoms. The van der Waals surface area contributed by atoms with E-state index in [0.717, 1.165) is 17.5 Å². The van der Waals surface area contributed by atoms with Crippen molar-refractivity contribution >= 4 is 23.4 Å². The van der Waals surface area contributed by atoms with Crippen molar-refractivity contribution in [3.63, 3.8) is 0 Å². The van der Waals surface area contributed by atoms with Crippen LogP contribution in [0.2, 0.25) is 0 Å². The summed E-state index contributed by atoms with van der Waals surface area (Å²) >= 11 is 0. The second kappa shape index (κ2) is 8.81. The molecule has 0 unspecified atom stereocenters. The Morgan fingerprint density at radius 3 is 2.76 bits per heavy atom. The van der Waals surface area contributed by atoms with Gasteiger partial charge in [-0.2, -0.15) is 5.10 Å². The van der Waals surface area contributed by atoms with Crippen molar-refractivity contribution in [2.45, 2.75) is 40.0 Å². The maximum absolute atomic E-state index is 12.9. The van der Waals surface area contributed by atoms with Gasteiger partial charge in [0, 0.05) is 17.5 Å². The first-order valence-electron chi connectivity index (χ1n) is 9.52. The van der Waals surface area contributed by atoms with Crippen molar-refractivity contribution in [3.05, 3.63) is 46.4 Å². The van der Waals surface area contributed by atoms with Crippen LogP contribution in [0, 0.1) is 13.8 Å². The van der Waals surface area contributed by atoms with Crippen molar-refractivity contribution in [3.8, 4) is 5.75 Å². The highest BCUT2D eigenvalue weighted by Gasteiger charge is 2.28. The van der Waals surface area contributed by atoms with Gasteiger partial charge in [0.15, 0.2) is 5.76 Å². The molecule has 8 nitrogen and oxygen atoms in total. The molecule has 0 spiro atoms. The maximum Gasteiger partial charge on any atom is 0.427 e. The summed E-state index contributed by atoms with van der Waals surface area (Å²) in [4.78, 5) is 24.4. The largest absolute Gasteiger partial charge is 0.495 e. The molecule has 1 aliphatic carbocycles. The summed E-state index contributed by atoms with van der Waals surface area (Å²) in [7, 11) is 1.55. The molecule has 154 valence electrons. The summed E-state index contributed by atoms with van der Waals surface area (Å²) in [5.74, 6) is 1.13. The number of hydrogen-bond acceptors (Lipinski definition) is 6. The molecular weight excluding hydrogens is 374 g/mol. The minimum absolute atomic E-state index is 0.226. The van der Waals surface area contributed by atoms with Gasteiger partial charge in [0.2, 0.25) is 0 Å². The SMILES string of the molecule is CCOC(=O)N/N=C1\CCCc2oc(C(=O)Nc3cc(C)ccc3OC)c(C)c21. The number of nitrogens with one attached hydrogen (secondary N) is 2. The number of furan rings is 1. The quantitative estimate of drug-likeness (QED) is 0.742. The van der Waals surface area contributed by atoms with Crippen LogP contribution < -0.4 is 15.5 Å². The lowest BCUT2D eigenvalue weighted by molar-refractivity contribution is 0.0993. The minimum Gasteiger partial charge on any atom is -0.495 e. The number of rotatable bonds is 5. The zero-order valence-corrected chi connectivity index (χ0v) is 17.0. The fourth-order valence-corrected chi connectivity index (χ4v) is 3.37. The van der Waals surface area contributed by atoms with Gasteiger partial charge in [-0.15, -0.1) is 0 Å². The highest BCUT2D eigenvalue weighted by atomic mass is 16.5. The van der Waals surface area contributed by atoms with Gasteiger partial charge in [0.1, 0.15) is 11.5 Å². The first kappa shape index (κ1) is 20.4. The van der Waals surface area contributed by atoms with Crippen LogP contribution in [0.15, 0.2) is 27.7 Å². The van der Waals surface area contributed by atoms with Crippen molar-refractivity contribution in [1.82, 2.24) is 5.43 Å². The molecule has 1 aromatic heterocycles. The predicted octanol–water partition coefficient (Wildman–Crippen LogP) is 3.94. The molecule has 3 rings (SSSR count). The van der Waals surface area contributed by atoms with Crippen molar-refractivity contribution in [1.29, 1.82) is 0 Å². The number of aryl methyl sites for hydroxylation is 2. The Morgan fingerprint density at radius 2 is 2.03 bits per heavy atom. The number of benzene rings is 1. The smallest absolute Gasteiger partial charge is 0.427 e. The molecule has 1 heterocycles. The number of fused-ring (bicyclic) bond motifs is 1. The Labute approximate surface area is 169 Å². The monoisotopic (exact) mass is 399 g/mol. The number of anilines is 1. The van der Waals surface area contributed by atoms with Gasteiger partial charge in [-0.25, -0.2) is 10.2 Å². The summed E-state index contributed by atoms with van der Waals surface area (Å²) in [5.41, 5.74) is 6.09. The van der Waals surface area contributed by atoms with Gasteiger partial charge in [0.05, 0.1) is 25.1 Å². The Bertz CT molecular complexity index is 961. The average molecular weight is 399 g/mol. The molecule has 0 atom stereocenters. The predicted molar refractivity (Wildman–Crippen MR) is 109 cm³/mol. The molecule has 0 bridgehead atoms. The molecule has 1 aliphatic rings. The summed E-state index contributed by atoms with van der Waals surface area (Å²) in [6.07, 6.45) is 1.58. The van der Waals surface area contributed by atoms with Crippen LogP contribution in [0.3, 0.4) is 0 Å². The van der Waals surface area contributed by atoms with Gasteiger partial charge in [-0.3, -0.25) is 4.79 Å². The number of nitrogens with zero attached hydrogens (tertiary/aromatic N) is 1. The van der Waals surface area contributed by atoms with Crippen molar-refractivity contribution in [2.75, 3.05) is 19.0 Å². The van der Waals surface area contributed by atoms with Gasteiger partial charge < -0.3 is 19.2 Å². The van der Waals surface area contributed by atoms with Gasteiger partial charge in [0.25, 0.3) is 5.91 Å². The van der Waals surface area contributed by atoms with E-state index in [-0.39, 0.29) is 18.3 Å². The van der Waals surface area contributed by atoms with E-state index in [1.807, 2.05) is 26.0 Å². The lowest BCUT2D eigenvalue weighted by Gasteiger charge is -2.13. The van der Waals surface area contributed by atoms with E-state index < -0.39 is 6.09 Å². The third-order valence-electron chi connectivity index (χ3n) is 4.69. The number of carbonyl (C=O) groups excluding carboxylic acids is 2. The third-order valence-corrected chi connectivity index (χ3v) is 4.69. The normalized spacial score (nSPS) is 14.3. The van der Waals surface area contributed by atoms with Crippen molar-refractivity contribution in [2.24, 2.45) is 5.10 Å². The molecule has 0 fully saturated rings. The van der Waals surface area contributed by atoms with E-state index in [2.05, 4.69) is 15.8 Å². The second-order valence-corrected chi connectivity index (χ2v) is 6.76. The fraction of sp³-hybridized carbons (Fsp3) is 0.381. The summed E-state index contributed by atoms with van der Waals surface area (Å²) < 4.78 is 16.0. The number of carbonyl (C=O) groups is 2. The summed E-state index contributed by atoms with van der Waals surface area (Å²) in [6.45, 7) is 5.74. The summed E-state index contributed by atoms with van der Waals surface area (Å²) in [6, 6.07) is 5.55. The number of methoxy groups -OCH3 is 1. The van der Waals surface area contributed by atoms with Gasteiger partial charge >= 0.3 is 6.09 Å². The first-order valence-corrected chi connectivity index (χ1v) is 9.52. The molecule has 2 N–H and O–H groups in total. The second-order valence-electron chi connectivity index (χ2n) is 6.76. The number of amides is 2. The molecule has 2 aromatic rings. The van der Waals surface area contributed by atoms with Gasteiger partial charge in [-0.05, 0) is 51.3 Å². The third kappa shape index (κ3) is 4.42. The lowest BCUT2D eigenvalue weighted by atomic mass is 9.93. The highest BCUT2D eigenvalue weighted by molar-refractivity contribution is 6.09. The van der Waals surface area contributed by atoms with E-state index in [1.54, 1.807) is 20.1 Å². The zero-order valence-electron chi connectivity index (χ0n) is 17.0. The fourth-order valence-electron chi connectivity index (χ4n) is 3.37. The van der Waals surface area contributed by atoms with E-state index in [4.69, 9.17) is 13.9 Å². The molecule has 0 radical (unpaired) electrons. The van der Waals surface area contributed by atoms with Gasteiger partial charge in [-0.1, -0.05) is 6.07 Å². The van der Waals surface area contributed by atoms with E-state index >= 15 is 0 Å². The molecule has 1 aromatic carbocycles. The number of hydrogen-bond donors (Lipinski definition) is 2. The van der Waals surface area contributed by atoms with Crippen LogP contribution in [0.25, 0.3) is 0 Å². The Kier molecular flexibility index (Phi) is 6.21. The molecular formula is C21H25N3O5. The van der Waals surface area contributed by atoms with Crippen LogP contribution in [0.5, 0.6) is 5.75 Å². The summed E-state index contributed by atoms with van der Waals surface area (Å²) in [5, 5.41) is 7.04. The zero-order chi connectivity index (χ0) is 21.0. The van der Waals surface area contributed by atoms with Crippen LogP contribution in [0.4, 0.5) is 10.5 Å². The van der Waals surface area contributed by atoms with E-state index in [0.29, 0.717) is 41.3 Å².